The Kier molecular flexibility index (Phi) is 5.07. The van der Waals surface area contributed by atoms with E-state index in [1.807, 2.05) is 0 Å². The van der Waals surface area contributed by atoms with Crippen molar-refractivity contribution in [3.05, 3.63) is 83.1 Å². The number of carbonyl (C=O) groups is 1. The molecule has 0 bridgehead atoms. The molecule has 0 aliphatic heterocycles. The first-order valence-electron chi connectivity index (χ1n) is 7.70. The maximum Gasteiger partial charge on any atom is 0.261 e. The van der Waals surface area contributed by atoms with Crippen LogP contribution >= 0.6 is 0 Å². The van der Waals surface area contributed by atoms with Crippen LogP contribution in [0.3, 0.4) is 0 Å². The average molecular weight is 376 g/mol. The number of nitrogens with one attached hydrogen (secondary N) is 1. The predicted molar refractivity (Wildman–Crippen MR) is 89.7 cm³/mol. The molecule has 0 spiro atoms. The zero-order valence-corrected chi connectivity index (χ0v) is 13.9. The van der Waals surface area contributed by atoms with Crippen LogP contribution in [0.2, 0.25) is 0 Å². The lowest BCUT2D eigenvalue weighted by Crippen LogP contribution is -2.14. The van der Waals surface area contributed by atoms with Crippen LogP contribution in [0.15, 0.2) is 48.7 Å². The fraction of sp³-hybridized carbons (Fsp3) is 0.0526. The highest BCUT2D eigenvalue weighted by Crippen LogP contribution is 2.30. The Morgan fingerprint density at radius 2 is 1.74 bits per heavy atom. The van der Waals surface area contributed by atoms with Gasteiger partial charge in [0.1, 0.15) is 11.4 Å². The van der Waals surface area contributed by atoms with Gasteiger partial charge in [0.05, 0.1) is 0 Å². The van der Waals surface area contributed by atoms with Crippen LogP contribution in [0.25, 0.3) is 0 Å². The van der Waals surface area contributed by atoms with E-state index in [-0.39, 0.29) is 11.4 Å². The summed E-state index contributed by atoms with van der Waals surface area (Å²) in [6, 6.07) is 8.36. The number of nitrogens with zero attached hydrogens (tertiary/aromatic N) is 1. The molecular formula is C19H12F4N2O2. The van der Waals surface area contributed by atoms with Gasteiger partial charge in [0, 0.05) is 23.5 Å². The molecule has 1 amide bonds. The molecule has 0 saturated carbocycles. The zero-order chi connectivity index (χ0) is 19.6. The van der Waals surface area contributed by atoms with Crippen molar-refractivity contribution >= 4 is 11.6 Å². The van der Waals surface area contributed by atoms with Gasteiger partial charge in [0.25, 0.3) is 5.91 Å². The summed E-state index contributed by atoms with van der Waals surface area (Å²) in [5.41, 5.74) is -0.326. The lowest BCUT2D eigenvalue weighted by Gasteiger charge is -2.12. The van der Waals surface area contributed by atoms with Crippen molar-refractivity contribution in [2.45, 2.75) is 6.92 Å². The number of halogens is 4. The van der Waals surface area contributed by atoms with Crippen molar-refractivity contribution in [1.82, 2.24) is 4.98 Å². The summed E-state index contributed by atoms with van der Waals surface area (Å²) in [6.07, 6.45) is 1.29. The third-order valence-corrected chi connectivity index (χ3v) is 3.67. The molecule has 0 radical (unpaired) electrons. The van der Waals surface area contributed by atoms with Gasteiger partial charge in [-0.2, -0.15) is 0 Å². The Bertz CT molecular complexity index is 1010. The second-order valence-electron chi connectivity index (χ2n) is 5.53. The molecule has 0 unspecified atom stereocenters. The first-order chi connectivity index (χ1) is 12.9. The highest BCUT2D eigenvalue weighted by Gasteiger charge is 2.20. The summed E-state index contributed by atoms with van der Waals surface area (Å²) in [7, 11) is 0. The molecule has 1 heterocycles. The lowest BCUT2D eigenvalue weighted by atomic mass is 10.2. The van der Waals surface area contributed by atoms with Crippen LogP contribution in [0, 0.1) is 30.2 Å². The number of hydrogen-bond acceptors (Lipinski definition) is 3. The van der Waals surface area contributed by atoms with Gasteiger partial charge in [-0.15, -0.1) is 0 Å². The number of carbonyl (C=O) groups excluding carboxylic acids is 1. The second-order valence-corrected chi connectivity index (χ2v) is 5.53. The quantitative estimate of drug-likeness (QED) is 0.516. The van der Waals surface area contributed by atoms with Crippen LogP contribution in [0.1, 0.15) is 15.9 Å². The lowest BCUT2D eigenvalue weighted by molar-refractivity contribution is 0.102. The zero-order valence-electron chi connectivity index (χ0n) is 13.9. The summed E-state index contributed by atoms with van der Waals surface area (Å²) in [6.45, 7) is 1.06. The molecule has 4 nitrogen and oxygen atoms in total. The largest absolute Gasteiger partial charge is 0.435 e. The fourth-order valence-corrected chi connectivity index (χ4v) is 2.26. The smallest absolute Gasteiger partial charge is 0.261 e. The van der Waals surface area contributed by atoms with Crippen LogP contribution < -0.4 is 10.1 Å². The van der Waals surface area contributed by atoms with E-state index >= 15 is 0 Å². The van der Waals surface area contributed by atoms with Gasteiger partial charge >= 0.3 is 0 Å². The van der Waals surface area contributed by atoms with E-state index in [0.717, 1.165) is 19.1 Å². The van der Waals surface area contributed by atoms with Crippen molar-refractivity contribution in [1.29, 1.82) is 0 Å². The number of benzene rings is 2. The van der Waals surface area contributed by atoms with Gasteiger partial charge in [-0.3, -0.25) is 4.79 Å². The number of aromatic nitrogens is 1. The van der Waals surface area contributed by atoms with E-state index in [1.54, 1.807) is 0 Å². The highest BCUT2D eigenvalue weighted by molar-refractivity contribution is 6.05. The third-order valence-electron chi connectivity index (χ3n) is 3.67. The summed E-state index contributed by atoms with van der Waals surface area (Å²) in [4.78, 5) is 16.3. The van der Waals surface area contributed by atoms with E-state index < -0.39 is 40.5 Å². The molecule has 27 heavy (non-hydrogen) atoms. The molecule has 138 valence electrons. The Balaban J connectivity index is 1.90. The molecule has 8 heteroatoms. The predicted octanol–water partition coefficient (Wildman–Crippen LogP) is 4.99. The number of pyridine rings is 1. The minimum atomic E-state index is -1.32. The number of ether oxygens (including phenoxy) is 1. The molecule has 0 fully saturated rings. The van der Waals surface area contributed by atoms with Crippen LogP contribution in [0.5, 0.6) is 11.6 Å². The first kappa shape index (κ1) is 18.4. The van der Waals surface area contributed by atoms with Crippen molar-refractivity contribution in [3.63, 3.8) is 0 Å². The van der Waals surface area contributed by atoms with E-state index in [1.165, 1.54) is 30.5 Å². The first-order valence-corrected chi connectivity index (χ1v) is 7.70. The number of hydrogen-bond donors (Lipinski definition) is 1. The Morgan fingerprint density at radius 1 is 1.04 bits per heavy atom. The molecule has 3 aromatic rings. The van der Waals surface area contributed by atoms with Gasteiger partial charge in [-0.1, -0.05) is 0 Å². The average Bonchev–Trinajstić information content (AvgIpc) is 2.66. The maximum absolute atomic E-state index is 14.2. The van der Waals surface area contributed by atoms with Crippen LogP contribution in [0.4, 0.5) is 23.2 Å². The van der Waals surface area contributed by atoms with E-state index in [0.29, 0.717) is 11.8 Å². The number of anilines is 1. The molecule has 1 aromatic heterocycles. The normalized spacial score (nSPS) is 10.6. The molecular weight excluding hydrogens is 364 g/mol. The minimum absolute atomic E-state index is 0.0800. The molecule has 0 saturated heterocycles. The second kappa shape index (κ2) is 7.45. The van der Waals surface area contributed by atoms with Crippen molar-refractivity contribution in [2.75, 3.05) is 5.32 Å². The van der Waals surface area contributed by atoms with Crippen molar-refractivity contribution in [3.8, 4) is 11.6 Å². The highest BCUT2D eigenvalue weighted by atomic mass is 19.2. The fourth-order valence-electron chi connectivity index (χ4n) is 2.26. The number of rotatable bonds is 4. The Morgan fingerprint density at radius 3 is 2.44 bits per heavy atom. The molecule has 0 aliphatic rings. The Labute approximate surface area is 151 Å². The summed E-state index contributed by atoms with van der Waals surface area (Å²) >= 11 is 0. The molecule has 3 rings (SSSR count). The summed E-state index contributed by atoms with van der Waals surface area (Å²) < 4.78 is 59.3. The van der Waals surface area contributed by atoms with E-state index in [2.05, 4.69) is 10.3 Å². The topological polar surface area (TPSA) is 51.2 Å². The van der Waals surface area contributed by atoms with E-state index in [4.69, 9.17) is 4.74 Å². The van der Waals surface area contributed by atoms with Gasteiger partial charge in [-0.25, -0.2) is 22.5 Å². The van der Waals surface area contributed by atoms with Gasteiger partial charge in [-0.05, 0) is 43.3 Å². The van der Waals surface area contributed by atoms with Gasteiger partial charge in [0.2, 0.25) is 5.88 Å². The SMILES string of the molecule is Cc1c(F)c(F)cc(Oc2ncccc2C(=O)Nc2ccc(F)cc2)c1F. The summed E-state index contributed by atoms with van der Waals surface area (Å²) in [5.74, 6) is -5.77. The molecule has 0 atom stereocenters. The van der Waals surface area contributed by atoms with Gasteiger partial charge in [0.15, 0.2) is 23.2 Å². The Hall–Kier alpha value is -3.42. The molecule has 2 aromatic carbocycles. The third kappa shape index (κ3) is 3.89. The molecule has 1 N–H and O–H groups in total. The van der Waals surface area contributed by atoms with Gasteiger partial charge < -0.3 is 10.1 Å². The number of amides is 1. The van der Waals surface area contributed by atoms with Crippen LogP contribution in [-0.2, 0) is 0 Å². The summed E-state index contributed by atoms with van der Waals surface area (Å²) in [5, 5.41) is 2.50. The van der Waals surface area contributed by atoms with E-state index in [9.17, 15) is 22.4 Å². The minimum Gasteiger partial charge on any atom is -0.435 e. The molecule has 0 aliphatic carbocycles. The van der Waals surface area contributed by atoms with Crippen LogP contribution in [-0.4, -0.2) is 10.9 Å². The van der Waals surface area contributed by atoms with Crippen molar-refractivity contribution < 1.29 is 27.1 Å². The standard InChI is InChI=1S/C19H12F4N2O2/c1-10-16(22)14(21)9-15(17(10)23)27-19-13(3-2-8-24-19)18(26)25-12-6-4-11(20)5-7-12/h2-9H,1H3,(H,25,26). The van der Waals surface area contributed by atoms with Crippen molar-refractivity contribution in [2.24, 2.45) is 0 Å². The maximum atomic E-state index is 14.2. The monoisotopic (exact) mass is 376 g/mol.